The molecule has 2 amide bonds. The van der Waals surface area contributed by atoms with Crippen molar-refractivity contribution in [3.63, 3.8) is 0 Å². The molecular weight excluding hydrogens is 291 g/mol. The van der Waals surface area contributed by atoms with E-state index in [1.807, 2.05) is 0 Å². The van der Waals surface area contributed by atoms with Crippen LogP contribution in [-0.2, 0) is 9.59 Å². The van der Waals surface area contributed by atoms with Crippen LogP contribution >= 0.6 is 15.9 Å². The lowest BCUT2D eigenvalue weighted by atomic mass is 10.2. The second-order valence-electron chi connectivity index (χ2n) is 3.67. The van der Waals surface area contributed by atoms with Gasteiger partial charge in [-0.2, -0.15) is 0 Å². The van der Waals surface area contributed by atoms with Crippen LogP contribution in [0.3, 0.4) is 0 Å². The number of nitrogens with zero attached hydrogens (tertiary/aromatic N) is 1. The van der Waals surface area contributed by atoms with Crippen LogP contribution in [0.2, 0.25) is 0 Å². The van der Waals surface area contributed by atoms with E-state index in [9.17, 15) is 14.0 Å². The van der Waals surface area contributed by atoms with Crippen LogP contribution in [-0.4, -0.2) is 24.9 Å². The summed E-state index contributed by atoms with van der Waals surface area (Å²) in [5.74, 6) is -0.838. The quantitative estimate of drug-likeness (QED) is 0.853. The standard InChI is InChI=1S/C11H10BrFN2O2/c12-8-2-1-7(13)5-9(8)15-4-3-10(16)14-6-11(15)17/h1-2,5H,3-4,6H2,(H,14,16). The lowest BCUT2D eigenvalue weighted by Crippen LogP contribution is -2.35. The lowest BCUT2D eigenvalue weighted by molar-refractivity contribution is -0.123. The Kier molecular flexibility index (Phi) is 3.42. The summed E-state index contributed by atoms with van der Waals surface area (Å²) in [6.07, 6.45) is 0.217. The molecule has 0 bridgehead atoms. The molecule has 0 spiro atoms. The highest BCUT2D eigenvalue weighted by Gasteiger charge is 2.23. The normalized spacial score (nSPS) is 16.7. The van der Waals surface area contributed by atoms with Crippen LogP contribution in [0.1, 0.15) is 6.42 Å². The van der Waals surface area contributed by atoms with Gasteiger partial charge in [0.25, 0.3) is 0 Å². The molecule has 2 rings (SSSR count). The van der Waals surface area contributed by atoms with Crippen molar-refractivity contribution in [1.82, 2.24) is 5.32 Å². The summed E-state index contributed by atoms with van der Waals surface area (Å²) >= 11 is 3.27. The van der Waals surface area contributed by atoms with E-state index in [0.29, 0.717) is 10.2 Å². The Balaban J connectivity index is 2.34. The van der Waals surface area contributed by atoms with Gasteiger partial charge in [0.2, 0.25) is 11.8 Å². The van der Waals surface area contributed by atoms with Crippen LogP contribution in [0.25, 0.3) is 0 Å². The molecular formula is C11H10BrFN2O2. The molecule has 0 aromatic heterocycles. The number of hydrogen-bond acceptors (Lipinski definition) is 2. The maximum absolute atomic E-state index is 13.2. The van der Waals surface area contributed by atoms with Gasteiger partial charge in [-0.05, 0) is 34.1 Å². The molecule has 0 saturated carbocycles. The van der Waals surface area contributed by atoms with Crippen LogP contribution < -0.4 is 10.2 Å². The minimum Gasteiger partial charge on any atom is -0.347 e. The first-order chi connectivity index (χ1) is 8.08. The first-order valence-electron chi connectivity index (χ1n) is 5.10. The van der Waals surface area contributed by atoms with E-state index >= 15 is 0 Å². The molecule has 1 saturated heterocycles. The molecule has 1 N–H and O–H groups in total. The number of amides is 2. The number of carbonyl (C=O) groups excluding carboxylic acids is 2. The predicted octanol–water partition coefficient (Wildman–Crippen LogP) is 1.44. The Bertz CT molecular complexity index is 479. The highest BCUT2D eigenvalue weighted by atomic mass is 79.9. The Labute approximate surface area is 106 Å². The van der Waals surface area contributed by atoms with Gasteiger partial charge in [-0.25, -0.2) is 4.39 Å². The van der Waals surface area contributed by atoms with Crippen molar-refractivity contribution >= 4 is 33.4 Å². The zero-order valence-corrected chi connectivity index (χ0v) is 10.5. The molecule has 0 radical (unpaired) electrons. The molecule has 1 aromatic rings. The van der Waals surface area contributed by atoms with Crippen molar-refractivity contribution in [2.24, 2.45) is 0 Å². The minimum absolute atomic E-state index is 0.0538. The first kappa shape index (κ1) is 12.0. The summed E-state index contributed by atoms with van der Waals surface area (Å²) in [5, 5.41) is 2.49. The van der Waals surface area contributed by atoms with E-state index in [2.05, 4.69) is 21.2 Å². The van der Waals surface area contributed by atoms with Gasteiger partial charge in [0, 0.05) is 17.4 Å². The monoisotopic (exact) mass is 300 g/mol. The topological polar surface area (TPSA) is 49.4 Å². The van der Waals surface area contributed by atoms with Crippen molar-refractivity contribution in [2.45, 2.75) is 6.42 Å². The average molecular weight is 301 g/mol. The molecule has 0 unspecified atom stereocenters. The summed E-state index contributed by atoms with van der Waals surface area (Å²) in [6.45, 7) is 0.203. The highest BCUT2D eigenvalue weighted by molar-refractivity contribution is 9.10. The summed E-state index contributed by atoms with van der Waals surface area (Å²) in [6, 6.07) is 4.12. The number of carbonyl (C=O) groups is 2. The number of hydrogen-bond donors (Lipinski definition) is 1. The van der Waals surface area contributed by atoms with Crippen molar-refractivity contribution in [3.05, 3.63) is 28.5 Å². The van der Waals surface area contributed by atoms with E-state index in [0.717, 1.165) is 0 Å². The third-order valence-electron chi connectivity index (χ3n) is 2.50. The molecule has 6 heteroatoms. The van der Waals surface area contributed by atoms with Gasteiger partial charge in [0.15, 0.2) is 0 Å². The van der Waals surface area contributed by atoms with Crippen LogP contribution in [0, 0.1) is 5.82 Å². The van der Waals surface area contributed by atoms with Gasteiger partial charge in [0.1, 0.15) is 5.82 Å². The van der Waals surface area contributed by atoms with E-state index in [-0.39, 0.29) is 31.3 Å². The van der Waals surface area contributed by atoms with Gasteiger partial charge in [0.05, 0.1) is 12.2 Å². The van der Waals surface area contributed by atoms with Gasteiger partial charge in [-0.1, -0.05) is 0 Å². The second kappa shape index (κ2) is 4.83. The van der Waals surface area contributed by atoms with Crippen LogP contribution in [0.15, 0.2) is 22.7 Å². The third kappa shape index (κ3) is 2.63. The summed E-state index contributed by atoms with van der Waals surface area (Å²) in [7, 11) is 0. The number of halogens is 2. The Morgan fingerprint density at radius 2 is 2.12 bits per heavy atom. The summed E-state index contributed by atoms with van der Waals surface area (Å²) in [4.78, 5) is 24.4. The Hall–Kier alpha value is -1.43. The second-order valence-corrected chi connectivity index (χ2v) is 4.52. The molecule has 17 heavy (non-hydrogen) atoms. The minimum atomic E-state index is -0.417. The van der Waals surface area contributed by atoms with Crippen LogP contribution in [0.4, 0.5) is 10.1 Å². The zero-order valence-electron chi connectivity index (χ0n) is 8.87. The molecule has 1 aliphatic rings. The fourth-order valence-corrected chi connectivity index (χ4v) is 2.10. The largest absolute Gasteiger partial charge is 0.347 e. The Morgan fingerprint density at radius 1 is 1.35 bits per heavy atom. The first-order valence-corrected chi connectivity index (χ1v) is 5.89. The fourth-order valence-electron chi connectivity index (χ4n) is 1.64. The number of rotatable bonds is 1. The van der Waals surface area contributed by atoms with Gasteiger partial charge in [-0.3, -0.25) is 9.59 Å². The van der Waals surface area contributed by atoms with E-state index < -0.39 is 5.82 Å². The maximum Gasteiger partial charge on any atom is 0.246 e. The van der Waals surface area contributed by atoms with Crippen molar-refractivity contribution < 1.29 is 14.0 Å². The maximum atomic E-state index is 13.2. The smallest absolute Gasteiger partial charge is 0.246 e. The zero-order chi connectivity index (χ0) is 12.4. The molecule has 1 fully saturated rings. The lowest BCUT2D eigenvalue weighted by Gasteiger charge is -2.21. The SMILES string of the molecule is O=C1CCN(c2cc(F)ccc2Br)C(=O)CN1. The number of benzene rings is 1. The molecule has 1 aromatic carbocycles. The van der Waals surface area contributed by atoms with Gasteiger partial charge in [-0.15, -0.1) is 0 Å². The molecule has 1 aliphatic heterocycles. The van der Waals surface area contributed by atoms with E-state index in [1.165, 1.54) is 23.1 Å². The van der Waals surface area contributed by atoms with E-state index in [4.69, 9.17) is 0 Å². The number of nitrogens with one attached hydrogen (secondary N) is 1. The molecule has 0 aliphatic carbocycles. The van der Waals surface area contributed by atoms with Crippen LogP contribution in [0.5, 0.6) is 0 Å². The Morgan fingerprint density at radius 3 is 2.88 bits per heavy atom. The molecule has 4 nitrogen and oxygen atoms in total. The highest BCUT2D eigenvalue weighted by Crippen LogP contribution is 2.27. The average Bonchev–Trinajstić information content (AvgIpc) is 2.46. The summed E-state index contributed by atoms with van der Waals surface area (Å²) in [5.41, 5.74) is 0.450. The van der Waals surface area contributed by atoms with Crippen molar-refractivity contribution in [2.75, 3.05) is 18.0 Å². The molecule has 90 valence electrons. The van der Waals surface area contributed by atoms with Gasteiger partial charge < -0.3 is 10.2 Å². The van der Waals surface area contributed by atoms with Crippen molar-refractivity contribution in [3.8, 4) is 0 Å². The van der Waals surface area contributed by atoms with Gasteiger partial charge >= 0.3 is 0 Å². The number of anilines is 1. The fraction of sp³-hybridized carbons (Fsp3) is 0.273. The third-order valence-corrected chi connectivity index (χ3v) is 3.17. The molecule has 1 heterocycles. The van der Waals surface area contributed by atoms with Crippen molar-refractivity contribution in [1.29, 1.82) is 0 Å². The van der Waals surface area contributed by atoms with E-state index in [1.54, 1.807) is 0 Å². The molecule has 0 atom stereocenters. The predicted molar refractivity (Wildman–Crippen MR) is 64.1 cm³/mol. The summed E-state index contributed by atoms with van der Waals surface area (Å²) < 4.78 is 13.8.